The number of benzene rings is 1. The van der Waals surface area contributed by atoms with Crippen molar-refractivity contribution in [2.24, 2.45) is 0 Å². The van der Waals surface area contributed by atoms with Crippen molar-refractivity contribution in [3.63, 3.8) is 0 Å². The number of amides is 2. The molecule has 0 bridgehead atoms. The van der Waals surface area contributed by atoms with E-state index in [9.17, 15) is 9.59 Å². The molecule has 0 radical (unpaired) electrons. The Morgan fingerprint density at radius 3 is 2.35 bits per heavy atom. The van der Waals surface area contributed by atoms with E-state index in [1.165, 1.54) is 35.9 Å². The molecule has 2 heterocycles. The van der Waals surface area contributed by atoms with Crippen LogP contribution in [0.25, 0.3) is 5.57 Å². The lowest BCUT2D eigenvalue weighted by molar-refractivity contribution is -0.136. The summed E-state index contributed by atoms with van der Waals surface area (Å²) in [5.41, 5.74) is 1.23. The van der Waals surface area contributed by atoms with Crippen LogP contribution in [0.3, 0.4) is 0 Å². The minimum atomic E-state index is -0.204. The first-order valence-electron chi connectivity index (χ1n) is 11.1. The van der Waals surface area contributed by atoms with Crippen LogP contribution in [0.2, 0.25) is 0 Å². The minimum Gasteiger partial charge on any atom is -0.494 e. The number of ether oxygens (including phenoxy) is 1. The molecule has 1 aromatic heterocycles. The monoisotopic (exact) mass is 441 g/mol. The maximum Gasteiger partial charge on any atom is 0.267 e. The minimum absolute atomic E-state index is 0.195. The molecule has 0 unspecified atom stereocenters. The Kier molecular flexibility index (Phi) is 8.83. The van der Waals surface area contributed by atoms with Gasteiger partial charge in [0, 0.05) is 6.54 Å². The van der Waals surface area contributed by atoms with Gasteiger partial charge in [-0.05, 0) is 43.2 Å². The summed E-state index contributed by atoms with van der Waals surface area (Å²) >= 11 is 1.37. The summed E-state index contributed by atoms with van der Waals surface area (Å²) < 4.78 is 10.9. The molecule has 2 amide bonds. The molecule has 0 saturated heterocycles. The van der Waals surface area contributed by atoms with Gasteiger partial charge in [0.05, 0.1) is 29.1 Å². The molecule has 0 fully saturated rings. The second-order valence-electron chi connectivity index (χ2n) is 7.56. The molecule has 2 aromatic rings. The third-order valence-electron chi connectivity index (χ3n) is 5.25. The predicted molar refractivity (Wildman–Crippen MR) is 125 cm³/mol. The van der Waals surface area contributed by atoms with Gasteiger partial charge < -0.3 is 9.15 Å². The number of hydrogen-bond donors (Lipinski definition) is 0. The fraction of sp³-hybridized carbons (Fsp3) is 0.440. The molecule has 166 valence electrons. The van der Waals surface area contributed by atoms with Crippen molar-refractivity contribution in [3.8, 4) is 5.75 Å². The predicted octanol–water partition coefficient (Wildman–Crippen LogP) is 6.05. The zero-order valence-corrected chi connectivity index (χ0v) is 19.2. The summed E-state index contributed by atoms with van der Waals surface area (Å²) in [5, 5.41) is 0. The Morgan fingerprint density at radius 2 is 1.68 bits per heavy atom. The summed E-state index contributed by atoms with van der Waals surface area (Å²) in [6.45, 7) is 5.17. The topological polar surface area (TPSA) is 59.8 Å². The van der Waals surface area contributed by atoms with Crippen LogP contribution in [0.4, 0.5) is 0 Å². The maximum absolute atomic E-state index is 13.2. The first-order chi connectivity index (χ1) is 15.2. The number of carbonyl (C=O) groups is 2. The van der Waals surface area contributed by atoms with Gasteiger partial charge in [-0.2, -0.15) is 0 Å². The van der Waals surface area contributed by atoms with Crippen LogP contribution in [0, 0.1) is 0 Å². The van der Waals surface area contributed by atoms with Crippen molar-refractivity contribution in [3.05, 3.63) is 58.9 Å². The third-order valence-corrected chi connectivity index (χ3v) is 6.35. The van der Waals surface area contributed by atoms with Crippen LogP contribution >= 0.6 is 11.8 Å². The molecule has 5 nitrogen and oxygen atoms in total. The molecule has 3 rings (SSSR count). The highest BCUT2D eigenvalue weighted by atomic mass is 32.2. The fourth-order valence-corrected chi connectivity index (χ4v) is 4.65. The molecule has 31 heavy (non-hydrogen) atoms. The van der Waals surface area contributed by atoms with Gasteiger partial charge in [0.15, 0.2) is 0 Å². The standard InChI is InChI=1S/C25H31NO4S/c1-3-5-6-7-8-9-16-26-24(27)22(19-12-14-20(15-13-19)29-4-2)23(25(26)28)31-18-21-11-10-17-30-21/h10-15,17H,3-9,16,18H2,1-2H3. The summed E-state index contributed by atoms with van der Waals surface area (Å²) in [7, 11) is 0. The van der Waals surface area contributed by atoms with Crippen molar-refractivity contribution in [2.75, 3.05) is 13.2 Å². The second-order valence-corrected chi connectivity index (χ2v) is 8.54. The number of imide groups is 1. The van der Waals surface area contributed by atoms with E-state index in [2.05, 4.69) is 6.92 Å². The molecule has 0 saturated carbocycles. The van der Waals surface area contributed by atoms with Crippen LogP contribution in [-0.4, -0.2) is 29.9 Å². The van der Waals surface area contributed by atoms with E-state index in [1.54, 1.807) is 6.26 Å². The lowest BCUT2D eigenvalue weighted by Crippen LogP contribution is -2.32. The van der Waals surface area contributed by atoms with Gasteiger partial charge in [0.1, 0.15) is 11.5 Å². The smallest absolute Gasteiger partial charge is 0.267 e. The lowest BCUT2D eigenvalue weighted by atomic mass is 10.1. The Bertz CT molecular complexity index is 887. The third kappa shape index (κ3) is 6.03. The van der Waals surface area contributed by atoms with Crippen LogP contribution in [0.1, 0.15) is 63.7 Å². The van der Waals surface area contributed by atoms with Crippen molar-refractivity contribution < 1.29 is 18.7 Å². The van der Waals surface area contributed by atoms with Gasteiger partial charge >= 0.3 is 0 Å². The van der Waals surface area contributed by atoms with E-state index in [1.807, 2.05) is 43.3 Å². The molecule has 1 aromatic carbocycles. The van der Waals surface area contributed by atoms with Gasteiger partial charge in [0.2, 0.25) is 0 Å². The van der Waals surface area contributed by atoms with Gasteiger partial charge in [0.25, 0.3) is 11.8 Å². The van der Waals surface area contributed by atoms with E-state index in [-0.39, 0.29) is 11.8 Å². The van der Waals surface area contributed by atoms with E-state index >= 15 is 0 Å². The normalized spacial score (nSPS) is 14.1. The largest absolute Gasteiger partial charge is 0.494 e. The van der Waals surface area contributed by atoms with Crippen molar-refractivity contribution in [1.29, 1.82) is 0 Å². The van der Waals surface area contributed by atoms with Crippen molar-refractivity contribution in [2.45, 2.75) is 58.1 Å². The summed E-state index contributed by atoms with van der Waals surface area (Å²) in [6.07, 6.45) is 8.28. The van der Waals surface area contributed by atoms with Gasteiger partial charge in [-0.1, -0.05) is 51.2 Å². The molecule has 1 aliphatic rings. The van der Waals surface area contributed by atoms with E-state index < -0.39 is 0 Å². The highest BCUT2D eigenvalue weighted by Gasteiger charge is 2.38. The fourth-order valence-electron chi connectivity index (χ4n) is 3.62. The molecular formula is C25H31NO4S. The van der Waals surface area contributed by atoms with E-state index in [0.717, 1.165) is 36.3 Å². The molecular weight excluding hydrogens is 410 g/mol. The Hall–Kier alpha value is -2.47. The van der Waals surface area contributed by atoms with Crippen LogP contribution in [0.15, 0.2) is 52.0 Å². The average Bonchev–Trinajstić information content (AvgIpc) is 3.37. The number of carbonyl (C=O) groups excluding carboxylic acids is 2. The van der Waals surface area contributed by atoms with Crippen molar-refractivity contribution in [1.82, 2.24) is 4.90 Å². The van der Waals surface area contributed by atoms with Gasteiger partial charge in [-0.3, -0.25) is 14.5 Å². The highest BCUT2D eigenvalue weighted by molar-refractivity contribution is 8.03. The number of unbranched alkanes of at least 4 members (excludes halogenated alkanes) is 5. The van der Waals surface area contributed by atoms with E-state index in [0.29, 0.717) is 29.4 Å². The van der Waals surface area contributed by atoms with Crippen LogP contribution in [0.5, 0.6) is 5.75 Å². The second kappa shape index (κ2) is 11.8. The van der Waals surface area contributed by atoms with Crippen LogP contribution < -0.4 is 4.74 Å². The molecule has 0 N–H and O–H groups in total. The number of nitrogens with zero attached hydrogens (tertiary/aromatic N) is 1. The molecule has 1 aliphatic heterocycles. The molecule has 0 spiro atoms. The first kappa shape index (κ1) is 23.2. The Labute approximate surface area is 188 Å². The van der Waals surface area contributed by atoms with Crippen LogP contribution in [-0.2, 0) is 15.3 Å². The first-order valence-corrected chi connectivity index (χ1v) is 12.1. The zero-order valence-electron chi connectivity index (χ0n) is 18.4. The molecule has 6 heteroatoms. The molecule has 0 aliphatic carbocycles. The van der Waals surface area contributed by atoms with Gasteiger partial charge in [-0.25, -0.2) is 0 Å². The summed E-state index contributed by atoms with van der Waals surface area (Å²) in [5.74, 6) is 1.63. The average molecular weight is 442 g/mol. The zero-order chi connectivity index (χ0) is 22.1. The highest BCUT2D eigenvalue weighted by Crippen LogP contribution is 2.38. The molecule has 0 atom stereocenters. The summed E-state index contributed by atoms with van der Waals surface area (Å²) in [6, 6.07) is 11.1. The van der Waals surface area contributed by atoms with E-state index in [4.69, 9.17) is 9.15 Å². The quantitative estimate of drug-likeness (QED) is 0.280. The SMILES string of the molecule is CCCCCCCCN1C(=O)C(SCc2ccco2)=C(c2ccc(OCC)cc2)C1=O. The number of rotatable bonds is 13. The number of thioether (sulfide) groups is 1. The lowest BCUT2D eigenvalue weighted by Gasteiger charge is -2.15. The Morgan fingerprint density at radius 1 is 0.935 bits per heavy atom. The van der Waals surface area contributed by atoms with Gasteiger partial charge in [-0.15, -0.1) is 11.8 Å². The Balaban J connectivity index is 1.75. The maximum atomic E-state index is 13.2. The summed E-state index contributed by atoms with van der Waals surface area (Å²) in [4.78, 5) is 28.3. The van der Waals surface area contributed by atoms with Crippen molar-refractivity contribution >= 4 is 29.1 Å². The number of furan rings is 1. The number of hydrogen-bond acceptors (Lipinski definition) is 5.